The maximum atomic E-state index is 12.7. The van der Waals surface area contributed by atoms with Crippen molar-refractivity contribution in [2.75, 3.05) is 0 Å². The van der Waals surface area contributed by atoms with Crippen molar-refractivity contribution in [3.05, 3.63) is 93.2 Å². The molecule has 0 saturated heterocycles. The third-order valence-electron chi connectivity index (χ3n) is 3.80. The van der Waals surface area contributed by atoms with Crippen LogP contribution < -0.4 is 5.32 Å². The second-order valence-electron chi connectivity index (χ2n) is 5.72. The van der Waals surface area contributed by atoms with Gasteiger partial charge in [-0.05, 0) is 30.3 Å². The van der Waals surface area contributed by atoms with E-state index in [9.17, 15) is 22.8 Å². The van der Waals surface area contributed by atoms with Gasteiger partial charge in [-0.3, -0.25) is 9.59 Å². The Morgan fingerprint density at radius 2 is 1.59 bits per heavy atom. The van der Waals surface area contributed by atoms with Gasteiger partial charge < -0.3 is 5.32 Å². The lowest BCUT2D eigenvalue weighted by Crippen LogP contribution is -2.22. The highest BCUT2D eigenvalue weighted by Gasteiger charge is 2.30. The molecule has 3 aromatic rings. The van der Waals surface area contributed by atoms with Gasteiger partial charge in [0.2, 0.25) is 5.78 Å². The van der Waals surface area contributed by atoms with Crippen LogP contribution in [0.25, 0.3) is 0 Å². The van der Waals surface area contributed by atoms with Crippen LogP contribution in [0.2, 0.25) is 0 Å². The van der Waals surface area contributed by atoms with Crippen LogP contribution in [0.15, 0.2) is 66.7 Å². The zero-order chi connectivity index (χ0) is 19.4. The molecular formula is C20H14F3NO2S. The van der Waals surface area contributed by atoms with Crippen LogP contribution in [0.3, 0.4) is 0 Å². The van der Waals surface area contributed by atoms with E-state index >= 15 is 0 Å². The van der Waals surface area contributed by atoms with Crippen LogP contribution >= 0.6 is 11.3 Å². The Morgan fingerprint density at radius 3 is 2.30 bits per heavy atom. The molecule has 0 atom stereocenters. The molecule has 0 spiro atoms. The number of rotatable bonds is 5. The second-order valence-corrected chi connectivity index (χ2v) is 6.89. The number of amides is 1. The number of carbonyl (C=O) groups excluding carboxylic acids is 2. The van der Waals surface area contributed by atoms with Gasteiger partial charge in [-0.1, -0.05) is 36.4 Å². The normalized spacial score (nSPS) is 11.2. The summed E-state index contributed by atoms with van der Waals surface area (Å²) in [7, 11) is 0. The molecule has 0 aliphatic rings. The van der Waals surface area contributed by atoms with E-state index in [1.54, 1.807) is 36.4 Å². The fourth-order valence-electron chi connectivity index (χ4n) is 2.43. The number of thiophene rings is 1. The molecule has 0 fully saturated rings. The summed E-state index contributed by atoms with van der Waals surface area (Å²) in [5.41, 5.74) is -0.372. The van der Waals surface area contributed by atoms with Gasteiger partial charge in [0.15, 0.2) is 0 Å². The molecular weight excluding hydrogens is 375 g/mol. The highest BCUT2D eigenvalue weighted by molar-refractivity contribution is 7.14. The van der Waals surface area contributed by atoms with Gasteiger partial charge in [0, 0.05) is 16.0 Å². The first-order valence-electron chi connectivity index (χ1n) is 7.98. The predicted molar refractivity (Wildman–Crippen MR) is 96.8 cm³/mol. The monoisotopic (exact) mass is 389 g/mol. The van der Waals surface area contributed by atoms with E-state index in [1.807, 2.05) is 6.07 Å². The van der Waals surface area contributed by atoms with Crippen molar-refractivity contribution in [1.29, 1.82) is 0 Å². The van der Waals surface area contributed by atoms with Gasteiger partial charge in [0.1, 0.15) is 0 Å². The molecule has 0 saturated carbocycles. The van der Waals surface area contributed by atoms with E-state index in [1.165, 1.54) is 23.5 Å². The zero-order valence-electron chi connectivity index (χ0n) is 13.9. The summed E-state index contributed by atoms with van der Waals surface area (Å²) >= 11 is 1.24. The van der Waals surface area contributed by atoms with Crippen molar-refractivity contribution < 1.29 is 22.8 Å². The lowest BCUT2D eigenvalue weighted by Gasteiger charge is -2.08. The molecule has 3 nitrogen and oxygen atoms in total. The molecule has 0 aliphatic carbocycles. The zero-order valence-corrected chi connectivity index (χ0v) is 14.7. The summed E-state index contributed by atoms with van der Waals surface area (Å²) in [5, 5.41) is 2.58. The van der Waals surface area contributed by atoms with Gasteiger partial charge in [-0.15, -0.1) is 11.3 Å². The standard InChI is InChI=1S/C20H14F3NO2S/c21-20(22,23)15-8-4-7-14(11-15)19(26)24-12-16-9-10-17(27-16)18(25)13-5-2-1-3-6-13/h1-11H,12H2,(H,24,26). The average Bonchev–Trinajstić information content (AvgIpc) is 3.14. The Kier molecular flexibility index (Phi) is 5.41. The summed E-state index contributed by atoms with van der Waals surface area (Å²) in [5.74, 6) is -0.721. The largest absolute Gasteiger partial charge is 0.416 e. The fraction of sp³-hybridized carbons (Fsp3) is 0.100. The number of hydrogen-bond donors (Lipinski definition) is 1. The minimum atomic E-state index is -4.50. The van der Waals surface area contributed by atoms with Crippen molar-refractivity contribution in [3.8, 4) is 0 Å². The molecule has 1 amide bonds. The Hall–Kier alpha value is -2.93. The highest BCUT2D eigenvalue weighted by atomic mass is 32.1. The first-order valence-corrected chi connectivity index (χ1v) is 8.80. The number of ketones is 1. The number of halogens is 3. The van der Waals surface area contributed by atoms with Crippen LogP contribution in [0, 0.1) is 0 Å². The number of alkyl halides is 3. The summed E-state index contributed by atoms with van der Waals surface area (Å²) in [4.78, 5) is 25.7. The molecule has 27 heavy (non-hydrogen) atoms. The van der Waals surface area contributed by atoms with E-state index in [2.05, 4.69) is 5.32 Å². The maximum absolute atomic E-state index is 12.7. The lowest BCUT2D eigenvalue weighted by molar-refractivity contribution is -0.137. The predicted octanol–water partition coefficient (Wildman–Crippen LogP) is 4.93. The molecule has 138 valence electrons. The van der Waals surface area contributed by atoms with Crippen LogP contribution in [-0.4, -0.2) is 11.7 Å². The van der Waals surface area contributed by atoms with Crippen LogP contribution in [0.4, 0.5) is 13.2 Å². The number of carbonyl (C=O) groups is 2. The molecule has 1 heterocycles. The Bertz CT molecular complexity index is 965. The van der Waals surface area contributed by atoms with Crippen molar-refractivity contribution in [1.82, 2.24) is 5.32 Å². The van der Waals surface area contributed by atoms with E-state index in [0.717, 1.165) is 17.0 Å². The average molecular weight is 389 g/mol. The van der Waals surface area contributed by atoms with E-state index in [4.69, 9.17) is 0 Å². The van der Waals surface area contributed by atoms with Gasteiger partial charge in [0.05, 0.1) is 17.0 Å². The molecule has 0 bridgehead atoms. The molecule has 0 unspecified atom stereocenters. The summed E-state index contributed by atoms with van der Waals surface area (Å²) < 4.78 is 38.2. The molecule has 0 radical (unpaired) electrons. The van der Waals surface area contributed by atoms with Gasteiger partial charge >= 0.3 is 6.18 Å². The Balaban J connectivity index is 1.65. The number of nitrogens with one attached hydrogen (secondary N) is 1. The number of hydrogen-bond acceptors (Lipinski definition) is 3. The van der Waals surface area contributed by atoms with Crippen molar-refractivity contribution in [2.45, 2.75) is 12.7 Å². The molecule has 1 aromatic heterocycles. The topological polar surface area (TPSA) is 46.2 Å². The molecule has 1 N–H and O–H groups in total. The van der Waals surface area contributed by atoms with Gasteiger partial charge in [-0.2, -0.15) is 13.2 Å². The second kappa shape index (κ2) is 7.75. The fourth-order valence-corrected chi connectivity index (χ4v) is 3.34. The summed E-state index contributed by atoms with van der Waals surface area (Å²) in [6.07, 6.45) is -4.50. The third kappa shape index (κ3) is 4.62. The SMILES string of the molecule is O=C(NCc1ccc(C(=O)c2ccccc2)s1)c1cccc(C(F)(F)F)c1. The summed E-state index contributed by atoms with van der Waals surface area (Å²) in [6.45, 7) is 0.127. The smallest absolute Gasteiger partial charge is 0.347 e. The minimum absolute atomic E-state index is 0.0676. The van der Waals surface area contributed by atoms with Crippen LogP contribution in [0.5, 0.6) is 0 Å². The van der Waals surface area contributed by atoms with Crippen LogP contribution in [0.1, 0.15) is 36.0 Å². The number of benzene rings is 2. The highest BCUT2D eigenvalue weighted by Crippen LogP contribution is 2.29. The van der Waals surface area contributed by atoms with E-state index in [-0.39, 0.29) is 17.9 Å². The van der Waals surface area contributed by atoms with Crippen molar-refractivity contribution in [3.63, 3.8) is 0 Å². The molecule has 3 rings (SSSR count). The van der Waals surface area contributed by atoms with E-state index < -0.39 is 17.6 Å². The lowest BCUT2D eigenvalue weighted by atomic mass is 10.1. The van der Waals surface area contributed by atoms with E-state index in [0.29, 0.717) is 10.4 Å². The van der Waals surface area contributed by atoms with Gasteiger partial charge in [0.25, 0.3) is 5.91 Å². The third-order valence-corrected chi connectivity index (χ3v) is 4.88. The Morgan fingerprint density at radius 1 is 0.889 bits per heavy atom. The quantitative estimate of drug-likeness (QED) is 0.629. The first kappa shape index (κ1) is 18.8. The summed E-state index contributed by atoms with van der Waals surface area (Å²) in [6, 6.07) is 16.4. The van der Waals surface area contributed by atoms with Gasteiger partial charge in [-0.25, -0.2) is 0 Å². The van der Waals surface area contributed by atoms with Crippen LogP contribution in [-0.2, 0) is 12.7 Å². The molecule has 0 aliphatic heterocycles. The molecule has 2 aromatic carbocycles. The van der Waals surface area contributed by atoms with Crippen molar-refractivity contribution >= 4 is 23.0 Å². The first-order chi connectivity index (χ1) is 12.8. The Labute approximate surface area is 157 Å². The van der Waals surface area contributed by atoms with Crippen molar-refractivity contribution in [2.24, 2.45) is 0 Å². The maximum Gasteiger partial charge on any atom is 0.416 e. The molecule has 7 heteroatoms. The minimum Gasteiger partial charge on any atom is -0.347 e.